The molecule has 31 heavy (non-hydrogen) atoms. The number of benzene rings is 1. The average molecular weight is 418 g/mol. The van der Waals surface area contributed by atoms with Gasteiger partial charge in [0.2, 0.25) is 0 Å². The van der Waals surface area contributed by atoms with E-state index in [-0.39, 0.29) is 18.2 Å². The molecule has 0 spiro atoms. The van der Waals surface area contributed by atoms with E-state index in [4.69, 9.17) is 4.74 Å². The number of nitrogens with one attached hydrogen (secondary N) is 3. The molecular formula is C24H26N4O3. The number of carbonyl (C=O) groups is 2. The fourth-order valence-corrected chi connectivity index (χ4v) is 3.76. The van der Waals surface area contributed by atoms with Gasteiger partial charge in [-0.2, -0.15) is 0 Å². The number of hydrogen-bond donors (Lipinski definition) is 3. The molecule has 0 saturated heterocycles. The van der Waals surface area contributed by atoms with Crippen LogP contribution in [-0.4, -0.2) is 33.5 Å². The number of H-pyrrole nitrogens is 1. The summed E-state index contributed by atoms with van der Waals surface area (Å²) in [5, 5.41) is 6.24. The number of hydrogen-bond acceptors (Lipinski definition) is 5. The van der Waals surface area contributed by atoms with Crippen molar-refractivity contribution in [2.24, 2.45) is 0 Å². The quantitative estimate of drug-likeness (QED) is 0.563. The van der Waals surface area contributed by atoms with Gasteiger partial charge >= 0.3 is 6.09 Å². The zero-order valence-corrected chi connectivity index (χ0v) is 17.9. The second kappa shape index (κ2) is 8.26. The van der Waals surface area contributed by atoms with Gasteiger partial charge < -0.3 is 20.4 Å². The first-order chi connectivity index (χ1) is 14.8. The minimum Gasteiger partial charge on any atom is -0.444 e. The van der Waals surface area contributed by atoms with E-state index in [0.717, 1.165) is 28.3 Å². The number of amides is 1. The molecule has 1 aliphatic rings. The molecule has 160 valence electrons. The summed E-state index contributed by atoms with van der Waals surface area (Å²) in [4.78, 5) is 32.9. The number of Topliss-reactive ketones (excluding diaryl/α,β-unsaturated/α-hetero) is 1. The van der Waals surface area contributed by atoms with Crippen molar-refractivity contribution in [1.29, 1.82) is 0 Å². The lowest BCUT2D eigenvalue weighted by atomic mass is 9.91. The standard InChI is InChI=1S/C24H26N4O3/c1-24(2,3)31-23(30)27-17-13-18-20(19(29)14-17)22(26-16-7-5-4-6-8-16)21(28-18)15-9-11-25-12-10-15/h4-12,17,26,28H,13-14H2,1-3H3,(H,27,30). The number of nitrogens with zero attached hydrogens (tertiary/aromatic N) is 1. The van der Waals surface area contributed by atoms with Gasteiger partial charge in [0, 0.05) is 48.2 Å². The van der Waals surface area contributed by atoms with Crippen LogP contribution in [0.3, 0.4) is 0 Å². The smallest absolute Gasteiger partial charge is 0.407 e. The molecule has 4 rings (SSSR count). The number of anilines is 2. The summed E-state index contributed by atoms with van der Waals surface area (Å²) < 4.78 is 5.35. The van der Waals surface area contributed by atoms with E-state index in [9.17, 15) is 9.59 Å². The lowest BCUT2D eigenvalue weighted by Gasteiger charge is -2.25. The number of pyridine rings is 1. The molecule has 0 bridgehead atoms. The predicted molar refractivity (Wildman–Crippen MR) is 120 cm³/mol. The summed E-state index contributed by atoms with van der Waals surface area (Å²) in [7, 11) is 0. The van der Waals surface area contributed by atoms with Crippen LogP contribution in [0.1, 0.15) is 43.2 Å². The lowest BCUT2D eigenvalue weighted by Crippen LogP contribution is -2.43. The molecular weight excluding hydrogens is 392 g/mol. The first-order valence-electron chi connectivity index (χ1n) is 10.3. The molecule has 7 heteroatoms. The summed E-state index contributed by atoms with van der Waals surface area (Å²) in [6.45, 7) is 5.43. The second-order valence-electron chi connectivity index (χ2n) is 8.63. The molecule has 2 heterocycles. The van der Waals surface area contributed by atoms with Gasteiger partial charge in [0.15, 0.2) is 5.78 Å². The van der Waals surface area contributed by atoms with Gasteiger partial charge in [0.25, 0.3) is 0 Å². The molecule has 1 atom stereocenters. The SMILES string of the molecule is CC(C)(C)OC(=O)NC1CC(=O)c2c([nH]c(-c3ccncc3)c2Nc2ccccc2)C1. The van der Waals surface area contributed by atoms with Crippen molar-refractivity contribution in [3.8, 4) is 11.3 Å². The number of aromatic nitrogens is 2. The highest BCUT2D eigenvalue weighted by Crippen LogP contribution is 2.38. The molecule has 0 radical (unpaired) electrons. The lowest BCUT2D eigenvalue weighted by molar-refractivity contribution is 0.0500. The van der Waals surface area contributed by atoms with Crippen LogP contribution >= 0.6 is 0 Å². The molecule has 1 unspecified atom stereocenters. The van der Waals surface area contributed by atoms with Crippen LogP contribution in [0.4, 0.5) is 16.2 Å². The number of ether oxygens (including phenoxy) is 1. The van der Waals surface area contributed by atoms with Crippen LogP contribution in [0.15, 0.2) is 54.9 Å². The zero-order chi connectivity index (χ0) is 22.0. The first kappa shape index (κ1) is 20.7. The van der Waals surface area contributed by atoms with Crippen molar-refractivity contribution >= 4 is 23.3 Å². The number of rotatable bonds is 4. The van der Waals surface area contributed by atoms with Crippen LogP contribution in [0.25, 0.3) is 11.3 Å². The Kier molecular flexibility index (Phi) is 5.50. The molecule has 0 aliphatic heterocycles. The van der Waals surface area contributed by atoms with Crippen LogP contribution < -0.4 is 10.6 Å². The molecule has 3 aromatic rings. The van der Waals surface area contributed by atoms with Crippen LogP contribution in [0.5, 0.6) is 0 Å². The Morgan fingerprint density at radius 1 is 1.10 bits per heavy atom. The number of ketones is 1. The van der Waals surface area contributed by atoms with E-state index in [0.29, 0.717) is 12.0 Å². The maximum atomic E-state index is 13.2. The van der Waals surface area contributed by atoms with Crippen molar-refractivity contribution in [1.82, 2.24) is 15.3 Å². The van der Waals surface area contributed by atoms with E-state index in [1.807, 2.05) is 63.2 Å². The third kappa shape index (κ3) is 4.77. The normalized spacial score (nSPS) is 15.8. The summed E-state index contributed by atoms with van der Waals surface area (Å²) >= 11 is 0. The molecule has 1 aromatic carbocycles. The highest BCUT2D eigenvalue weighted by atomic mass is 16.6. The van der Waals surface area contributed by atoms with Crippen molar-refractivity contribution < 1.29 is 14.3 Å². The van der Waals surface area contributed by atoms with E-state index >= 15 is 0 Å². The Labute approximate surface area is 181 Å². The van der Waals surface area contributed by atoms with Crippen molar-refractivity contribution in [3.63, 3.8) is 0 Å². The highest BCUT2D eigenvalue weighted by molar-refractivity contribution is 6.07. The molecule has 1 amide bonds. The number of fused-ring (bicyclic) bond motifs is 1. The molecule has 7 nitrogen and oxygen atoms in total. The summed E-state index contributed by atoms with van der Waals surface area (Å²) in [5.74, 6) is -0.0303. The van der Waals surface area contributed by atoms with Gasteiger partial charge in [0.1, 0.15) is 5.60 Å². The number of para-hydroxylation sites is 1. The molecule has 0 saturated carbocycles. The van der Waals surface area contributed by atoms with Crippen LogP contribution in [-0.2, 0) is 11.2 Å². The minimum atomic E-state index is -0.596. The van der Waals surface area contributed by atoms with E-state index < -0.39 is 11.7 Å². The Morgan fingerprint density at radius 3 is 2.48 bits per heavy atom. The number of aromatic amines is 1. The first-order valence-corrected chi connectivity index (χ1v) is 10.3. The largest absolute Gasteiger partial charge is 0.444 e. The molecule has 2 aromatic heterocycles. The molecule has 1 aliphatic carbocycles. The Morgan fingerprint density at radius 2 is 1.81 bits per heavy atom. The topological polar surface area (TPSA) is 96.1 Å². The summed E-state index contributed by atoms with van der Waals surface area (Å²) in [5.41, 5.74) is 4.21. The minimum absolute atomic E-state index is 0.0303. The Bertz CT molecular complexity index is 1090. The second-order valence-corrected chi connectivity index (χ2v) is 8.63. The van der Waals surface area contributed by atoms with Gasteiger partial charge in [-0.3, -0.25) is 9.78 Å². The fraction of sp³-hybridized carbons (Fsp3) is 0.292. The van der Waals surface area contributed by atoms with Gasteiger partial charge in [0.05, 0.1) is 16.9 Å². The maximum absolute atomic E-state index is 13.2. The van der Waals surface area contributed by atoms with Gasteiger partial charge in [-0.15, -0.1) is 0 Å². The zero-order valence-electron chi connectivity index (χ0n) is 17.9. The van der Waals surface area contributed by atoms with Crippen molar-refractivity contribution in [2.75, 3.05) is 5.32 Å². The maximum Gasteiger partial charge on any atom is 0.407 e. The van der Waals surface area contributed by atoms with Gasteiger partial charge in [-0.05, 0) is 45.0 Å². The summed E-state index contributed by atoms with van der Waals surface area (Å²) in [6, 6.07) is 13.2. The predicted octanol–water partition coefficient (Wildman–Crippen LogP) is 4.84. The fourth-order valence-electron chi connectivity index (χ4n) is 3.76. The number of alkyl carbamates (subject to hydrolysis) is 1. The van der Waals surface area contributed by atoms with Crippen molar-refractivity contribution in [2.45, 2.75) is 45.3 Å². The van der Waals surface area contributed by atoms with E-state index in [1.54, 1.807) is 12.4 Å². The summed E-state index contributed by atoms with van der Waals surface area (Å²) in [6.07, 6.45) is 3.64. The molecule has 0 fully saturated rings. The third-order valence-corrected chi connectivity index (χ3v) is 4.97. The highest BCUT2D eigenvalue weighted by Gasteiger charge is 2.33. The third-order valence-electron chi connectivity index (χ3n) is 4.97. The number of carbonyl (C=O) groups excluding carboxylic acids is 2. The van der Waals surface area contributed by atoms with E-state index in [1.165, 1.54) is 0 Å². The van der Waals surface area contributed by atoms with Crippen molar-refractivity contribution in [3.05, 3.63) is 66.1 Å². The average Bonchev–Trinajstić information content (AvgIpc) is 3.06. The monoisotopic (exact) mass is 418 g/mol. The van der Waals surface area contributed by atoms with Gasteiger partial charge in [-0.1, -0.05) is 18.2 Å². The Hall–Kier alpha value is -3.61. The Balaban J connectivity index is 1.67. The van der Waals surface area contributed by atoms with E-state index in [2.05, 4.69) is 20.6 Å². The molecule has 3 N–H and O–H groups in total. The van der Waals surface area contributed by atoms with Gasteiger partial charge in [-0.25, -0.2) is 4.79 Å². The van der Waals surface area contributed by atoms with Crippen LogP contribution in [0.2, 0.25) is 0 Å². The van der Waals surface area contributed by atoms with Crippen LogP contribution in [0, 0.1) is 0 Å².